The Balaban J connectivity index is 1.30. The molecule has 18 nitrogen and oxygen atoms in total. The topological polar surface area (TPSA) is 236 Å². The average Bonchev–Trinajstić information content (AvgIpc) is 3.25. The zero-order valence-corrected chi connectivity index (χ0v) is 33.1. The molecule has 2 fully saturated rings. The van der Waals surface area contributed by atoms with Gasteiger partial charge in [0.1, 0.15) is 29.3 Å². The van der Waals surface area contributed by atoms with E-state index in [4.69, 9.17) is 29.6 Å². The molecule has 3 amide bonds. The number of amidine groups is 1. The summed E-state index contributed by atoms with van der Waals surface area (Å²) in [7, 11) is -3.38. The van der Waals surface area contributed by atoms with Gasteiger partial charge in [-0.05, 0) is 110 Å². The highest BCUT2D eigenvalue weighted by Gasteiger charge is 2.58. The summed E-state index contributed by atoms with van der Waals surface area (Å²) in [6.07, 6.45) is 2.48. The molecule has 0 spiro atoms. The van der Waals surface area contributed by atoms with E-state index in [1.807, 2.05) is 18.2 Å². The highest BCUT2D eigenvalue weighted by molar-refractivity contribution is 8.02. The number of fused-ring (bicyclic) bond motifs is 1. The van der Waals surface area contributed by atoms with Gasteiger partial charge < -0.3 is 35.6 Å². The maximum atomic E-state index is 13.9. The Hall–Kier alpha value is -4.11. The van der Waals surface area contributed by atoms with E-state index in [-0.39, 0.29) is 17.5 Å². The summed E-state index contributed by atoms with van der Waals surface area (Å²) >= 11 is 1.17. The number of alkyl carbamates (subject to hydrolysis) is 1. The van der Waals surface area contributed by atoms with Crippen LogP contribution in [0.5, 0.6) is 5.75 Å². The summed E-state index contributed by atoms with van der Waals surface area (Å²) in [6, 6.07) is 4.67. The van der Waals surface area contributed by atoms with Crippen molar-refractivity contribution in [3.05, 3.63) is 40.4 Å². The number of aliphatic imine (C=N–C) groups is 1. The van der Waals surface area contributed by atoms with E-state index in [2.05, 4.69) is 25.4 Å². The van der Waals surface area contributed by atoms with Crippen LogP contribution in [0.2, 0.25) is 0 Å². The second-order valence-corrected chi connectivity index (χ2v) is 17.0. The first-order valence-electron chi connectivity index (χ1n) is 17.7. The number of hydrogen-bond acceptors (Lipinski definition) is 14. The standard InChI is InChI=1S/C34H50N8O10S2/c1-19(24-12-10-20-17-21(11-13-25(20)49-24)28(35)37-22-9-8-15-36-16-14-22)51-40-26(23-18-53-31(41(23)7)39-32(45)50-33(2,3)4)29(43)38-27-30(44)42(34(27,5)6)52-54(46,47)48/h11,13,17-19,22,24,27,31,36H,8-10,12,14-16H2,1-7H3,(H2,35,37)(H,38,43)(H,39,45)(H,46,47,48)/b40-26-. The van der Waals surface area contributed by atoms with E-state index in [1.165, 1.54) is 25.6 Å². The molecule has 4 aliphatic heterocycles. The zero-order valence-electron chi connectivity index (χ0n) is 31.5. The molecule has 20 heteroatoms. The Bertz CT molecular complexity index is 1800. The van der Waals surface area contributed by atoms with Gasteiger partial charge in [-0.3, -0.25) is 24.5 Å². The summed E-state index contributed by atoms with van der Waals surface area (Å²) in [5.74, 6) is -0.577. The molecule has 0 radical (unpaired) electrons. The normalized spacial score (nSPS) is 25.3. The fourth-order valence-electron chi connectivity index (χ4n) is 6.32. The Morgan fingerprint density at radius 3 is 2.61 bits per heavy atom. The Kier molecular flexibility index (Phi) is 12.4. The van der Waals surface area contributed by atoms with Crippen LogP contribution in [0, 0.1) is 0 Å². The predicted molar refractivity (Wildman–Crippen MR) is 200 cm³/mol. The largest absolute Gasteiger partial charge is 0.486 e. The molecule has 5 atom stereocenters. The monoisotopic (exact) mass is 794 g/mol. The minimum Gasteiger partial charge on any atom is -0.486 e. The maximum absolute atomic E-state index is 13.9. The number of nitrogens with zero attached hydrogens (tertiary/aromatic N) is 4. The van der Waals surface area contributed by atoms with Crippen molar-refractivity contribution in [2.75, 3.05) is 20.1 Å². The highest BCUT2D eigenvalue weighted by atomic mass is 32.3. The van der Waals surface area contributed by atoms with E-state index in [0.29, 0.717) is 29.5 Å². The van der Waals surface area contributed by atoms with Crippen LogP contribution in [0.15, 0.2) is 39.5 Å². The van der Waals surface area contributed by atoms with Crippen molar-refractivity contribution in [2.45, 2.75) is 115 Å². The fourth-order valence-corrected chi connectivity index (χ4v) is 7.77. The molecule has 5 unspecified atom stereocenters. The lowest BCUT2D eigenvalue weighted by molar-refractivity contribution is -0.218. The Morgan fingerprint density at radius 1 is 1.19 bits per heavy atom. The van der Waals surface area contributed by atoms with Crippen LogP contribution < -0.4 is 26.4 Å². The number of aryl methyl sites for hydroxylation is 1. The Morgan fingerprint density at radius 2 is 1.93 bits per heavy atom. The highest BCUT2D eigenvalue weighted by Crippen LogP contribution is 2.35. The molecule has 298 valence electrons. The number of benzene rings is 1. The average molecular weight is 795 g/mol. The predicted octanol–water partition coefficient (Wildman–Crippen LogP) is 2.16. The molecule has 0 aromatic heterocycles. The van der Waals surface area contributed by atoms with E-state index < -0.39 is 63.2 Å². The van der Waals surface area contributed by atoms with Crippen LogP contribution in [0.1, 0.15) is 78.4 Å². The van der Waals surface area contributed by atoms with Gasteiger partial charge in [0.2, 0.25) is 0 Å². The number of nitrogens with two attached hydrogens (primary N) is 1. The van der Waals surface area contributed by atoms with Gasteiger partial charge in [-0.25, -0.2) is 4.79 Å². The lowest BCUT2D eigenvalue weighted by Crippen LogP contribution is -2.77. The summed E-state index contributed by atoms with van der Waals surface area (Å²) in [4.78, 5) is 51.5. The quantitative estimate of drug-likeness (QED) is 0.0710. The number of hydroxylamine groups is 2. The van der Waals surface area contributed by atoms with Crippen LogP contribution >= 0.6 is 11.8 Å². The van der Waals surface area contributed by atoms with Gasteiger partial charge in [0, 0.05) is 18.0 Å². The molecular formula is C34H50N8O10S2. The summed E-state index contributed by atoms with van der Waals surface area (Å²) in [5, 5.41) is 15.0. The first kappa shape index (κ1) is 41.1. The molecule has 0 bridgehead atoms. The summed E-state index contributed by atoms with van der Waals surface area (Å²) < 4.78 is 47.8. The van der Waals surface area contributed by atoms with Gasteiger partial charge in [0.15, 0.2) is 17.3 Å². The molecule has 1 aromatic rings. The van der Waals surface area contributed by atoms with Crippen LogP contribution in [-0.4, -0.2) is 113 Å². The van der Waals surface area contributed by atoms with Gasteiger partial charge in [0.05, 0.1) is 17.3 Å². The molecule has 5 rings (SSSR count). The number of rotatable bonds is 11. The van der Waals surface area contributed by atoms with Crippen molar-refractivity contribution in [1.29, 1.82) is 0 Å². The summed E-state index contributed by atoms with van der Waals surface area (Å²) in [5.41, 5.74) is 5.45. The number of amides is 3. The van der Waals surface area contributed by atoms with Gasteiger partial charge >= 0.3 is 16.5 Å². The number of oxime groups is 1. The lowest BCUT2D eigenvalue weighted by Gasteiger charge is -2.50. The second-order valence-electron chi connectivity index (χ2n) is 15.1. The molecule has 54 heavy (non-hydrogen) atoms. The molecule has 4 heterocycles. The van der Waals surface area contributed by atoms with Crippen LogP contribution in [-0.2, 0) is 40.3 Å². The number of ether oxygens (including phenoxy) is 2. The second kappa shape index (κ2) is 16.3. The van der Waals surface area contributed by atoms with Crippen molar-refractivity contribution in [1.82, 2.24) is 25.9 Å². The zero-order chi connectivity index (χ0) is 39.6. The third-order valence-electron chi connectivity index (χ3n) is 9.29. The molecule has 0 aliphatic carbocycles. The van der Waals surface area contributed by atoms with Gasteiger partial charge in [-0.2, -0.15) is 13.5 Å². The number of nitrogens with one attached hydrogen (secondary N) is 3. The van der Waals surface area contributed by atoms with E-state index in [0.717, 1.165) is 43.5 Å². The minimum atomic E-state index is -5.00. The first-order chi connectivity index (χ1) is 25.2. The van der Waals surface area contributed by atoms with Crippen molar-refractivity contribution in [2.24, 2.45) is 15.9 Å². The van der Waals surface area contributed by atoms with Gasteiger partial charge in [-0.15, -0.1) is 4.28 Å². The van der Waals surface area contributed by atoms with Crippen LogP contribution in [0.3, 0.4) is 0 Å². The number of β-lactam (4-membered cyclic amide) rings is 1. The molecule has 6 N–H and O–H groups in total. The van der Waals surface area contributed by atoms with Crippen molar-refractivity contribution >= 4 is 51.6 Å². The Labute approximate surface area is 319 Å². The lowest BCUT2D eigenvalue weighted by atomic mass is 9.84. The van der Waals surface area contributed by atoms with Crippen LogP contribution in [0.4, 0.5) is 4.79 Å². The number of carbonyl (C=O) groups excluding carboxylic acids is 3. The van der Waals surface area contributed by atoms with Gasteiger partial charge in [-0.1, -0.05) is 16.9 Å². The third kappa shape index (κ3) is 9.95. The summed E-state index contributed by atoms with van der Waals surface area (Å²) in [6.45, 7) is 11.7. The van der Waals surface area contributed by atoms with E-state index in [9.17, 15) is 22.8 Å². The van der Waals surface area contributed by atoms with Crippen molar-refractivity contribution in [3.8, 4) is 5.75 Å². The third-order valence-corrected chi connectivity index (χ3v) is 10.7. The van der Waals surface area contributed by atoms with E-state index in [1.54, 1.807) is 45.1 Å². The van der Waals surface area contributed by atoms with Crippen molar-refractivity contribution in [3.63, 3.8) is 0 Å². The molecular weight excluding hydrogens is 745 g/mol. The molecule has 4 aliphatic rings. The molecule has 2 saturated heterocycles. The first-order valence-corrected chi connectivity index (χ1v) is 20.0. The number of carbonyl (C=O) groups is 3. The van der Waals surface area contributed by atoms with Gasteiger partial charge in [0.25, 0.3) is 11.8 Å². The smallest absolute Gasteiger partial charge is 0.418 e. The fraction of sp³-hybridized carbons (Fsp3) is 0.618. The molecule has 1 aromatic carbocycles. The van der Waals surface area contributed by atoms with Crippen molar-refractivity contribution < 1.29 is 45.9 Å². The van der Waals surface area contributed by atoms with Crippen LogP contribution in [0.25, 0.3) is 0 Å². The number of thioether (sulfide) groups is 1. The minimum absolute atomic E-state index is 0.183. The SMILES string of the molecule is CC(O/N=C(\C(=O)NC1C(=O)N(OS(=O)(=O)O)C1(C)C)C1=CSC(NC(=O)OC(C)(C)C)N1C)C1CCc2cc(C(N)=NC3CCCNCC3)ccc2O1. The maximum Gasteiger partial charge on any atom is 0.418 e. The van der Waals surface area contributed by atoms with E-state index >= 15 is 0 Å². The number of hydrogen-bond donors (Lipinski definition) is 5. The molecule has 0 saturated carbocycles.